The predicted molar refractivity (Wildman–Crippen MR) is 109 cm³/mol. The third-order valence-corrected chi connectivity index (χ3v) is 5.16. The zero-order valence-electron chi connectivity index (χ0n) is 15.7. The zero-order valence-corrected chi connectivity index (χ0v) is 16.5. The molecule has 0 radical (unpaired) electrons. The molecule has 2 N–H and O–H groups in total. The van der Waals surface area contributed by atoms with Gasteiger partial charge in [0.15, 0.2) is 10.8 Å². The quantitative estimate of drug-likeness (QED) is 0.387. The standard InChI is InChI=1S/C19H20N4O4S/c1-22-16(24)13(17(25)23(2)19(22)28)10-21-15(18(26)27-3)8-11-9-20-14-7-5-4-6-12(11)14/h4-7,9-10,15,20,24H,8H2,1-3H3. The molecule has 0 aliphatic carbocycles. The summed E-state index contributed by atoms with van der Waals surface area (Å²) >= 11 is 5.09. The van der Waals surface area contributed by atoms with Gasteiger partial charge in [-0.3, -0.25) is 18.9 Å². The normalized spacial score (nSPS) is 12.5. The van der Waals surface area contributed by atoms with Gasteiger partial charge in [0.1, 0.15) is 5.56 Å². The molecular weight excluding hydrogens is 380 g/mol. The van der Waals surface area contributed by atoms with Gasteiger partial charge < -0.3 is 14.8 Å². The number of aromatic amines is 1. The van der Waals surface area contributed by atoms with Crippen LogP contribution in [0.1, 0.15) is 11.1 Å². The number of nitrogens with zero attached hydrogens (tertiary/aromatic N) is 3. The van der Waals surface area contributed by atoms with E-state index in [0.717, 1.165) is 16.5 Å². The third-order valence-electron chi connectivity index (χ3n) is 4.61. The number of hydrogen-bond acceptors (Lipinski definition) is 6. The summed E-state index contributed by atoms with van der Waals surface area (Å²) in [5.74, 6) is -0.852. The van der Waals surface area contributed by atoms with Gasteiger partial charge >= 0.3 is 5.97 Å². The predicted octanol–water partition coefficient (Wildman–Crippen LogP) is 1.84. The number of fused-ring (bicyclic) bond motifs is 1. The highest BCUT2D eigenvalue weighted by Crippen LogP contribution is 2.20. The first kappa shape index (κ1) is 19.6. The first-order chi connectivity index (χ1) is 13.3. The number of hydrogen-bond donors (Lipinski definition) is 2. The number of esters is 1. The average Bonchev–Trinajstić information content (AvgIpc) is 3.12. The molecule has 146 valence electrons. The van der Waals surface area contributed by atoms with Crippen molar-refractivity contribution in [1.29, 1.82) is 0 Å². The molecule has 0 saturated heterocycles. The highest BCUT2D eigenvalue weighted by molar-refractivity contribution is 7.71. The topological polar surface area (TPSA) is 102 Å². The van der Waals surface area contributed by atoms with Crippen LogP contribution < -0.4 is 5.56 Å². The summed E-state index contributed by atoms with van der Waals surface area (Å²) < 4.78 is 7.55. The summed E-state index contributed by atoms with van der Waals surface area (Å²) in [4.78, 5) is 32.1. The van der Waals surface area contributed by atoms with Crippen LogP contribution >= 0.6 is 12.2 Å². The van der Waals surface area contributed by atoms with E-state index in [0.29, 0.717) is 0 Å². The fourth-order valence-corrected chi connectivity index (χ4v) is 3.15. The SMILES string of the molecule is COC(=O)C(Cc1c[nH]c2ccccc12)N=Cc1c(O)n(C)c(=S)n(C)c1=O. The molecule has 0 aliphatic heterocycles. The van der Waals surface area contributed by atoms with Crippen molar-refractivity contribution in [3.63, 3.8) is 0 Å². The van der Waals surface area contributed by atoms with E-state index in [9.17, 15) is 14.7 Å². The van der Waals surface area contributed by atoms with E-state index in [1.165, 1.54) is 36.6 Å². The molecule has 8 nitrogen and oxygen atoms in total. The van der Waals surface area contributed by atoms with Crippen molar-refractivity contribution in [2.45, 2.75) is 12.5 Å². The molecule has 0 aliphatic rings. The fourth-order valence-electron chi connectivity index (χ4n) is 2.98. The maximum Gasteiger partial charge on any atom is 0.330 e. The van der Waals surface area contributed by atoms with Gasteiger partial charge in [0.2, 0.25) is 5.88 Å². The molecule has 1 atom stereocenters. The smallest absolute Gasteiger partial charge is 0.330 e. The number of carbonyl (C=O) groups excluding carboxylic acids is 1. The Morgan fingerprint density at radius 2 is 2.07 bits per heavy atom. The van der Waals surface area contributed by atoms with Crippen molar-refractivity contribution in [3.05, 3.63) is 56.7 Å². The van der Waals surface area contributed by atoms with Gasteiger partial charge in [-0.2, -0.15) is 0 Å². The number of aromatic nitrogens is 3. The lowest BCUT2D eigenvalue weighted by Gasteiger charge is -2.11. The number of carbonyl (C=O) groups is 1. The van der Waals surface area contributed by atoms with E-state index >= 15 is 0 Å². The lowest BCUT2D eigenvalue weighted by molar-refractivity contribution is -0.142. The molecule has 0 amide bonds. The summed E-state index contributed by atoms with van der Waals surface area (Å²) in [6, 6.07) is 6.84. The van der Waals surface area contributed by atoms with Gasteiger partial charge in [-0.25, -0.2) is 4.79 Å². The summed E-state index contributed by atoms with van der Waals surface area (Å²) in [5.41, 5.74) is 1.29. The average molecular weight is 400 g/mol. The molecule has 2 aromatic heterocycles. The summed E-state index contributed by atoms with van der Waals surface area (Å²) in [6.07, 6.45) is 3.29. The van der Waals surface area contributed by atoms with Crippen LogP contribution in [-0.2, 0) is 30.0 Å². The van der Waals surface area contributed by atoms with E-state index in [1.807, 2.05) is 30.5 Å². The van der Waals surface area contributed by atoms with E-state index in [-0.39, 0.29) is 22.6 Å². The first-order valence-corrected chi connectivity index (χ1v) is 8.91. The largest absolute Gasteiger partial charge is 0.494 e. The molecular formula is C19H20N4O4S. The molecule has 3 aromatic rings. The minimum absolute atomic E-state index is 0.0496. The molecule has 1 aromatic carbocycles. The van der Waals surface area contributed by atoms with Crippen LogP contribution in [0.2, 0.25) is 0 Å². The second-order valence-corrected chi connectivity index (χ2v) is 6.69. The highest BCUT2D eigenvalue weighted by Gasteiger charge is 2.21. The maximum absolute atomic E-state index is 12.4. The first-order valence-electron chi connectivity index (χ1n) is 8.50. The Kier molecular flexibility index (Phi) is 5.46. The molecule has 0 saturated carbocycles. The van der Waals surface area contributed by atoms with E-state index < -0.39 is 17.6 Å². The van der Waals surface area contributed by atoms with Crippen molar-refractivity contribution in [2.24, 2.45) is 19.1 Å². The van der Waals surface area contributed by atoms with Crippen molar-refractivity contribution in [2.75, 3.05) is 7.11 Å². The Hall–Kier alpha value is -3.20. The number of aromatic hydroxyl groups is 1. The molecule has 3 rings (SSSR count). The Balaban J connectivity index is 2.00. The Bertz CT molecular complexity index is 1190. The summed E-state index contributed by atoms with van der Waals surface area (Å²) in [7, 11) is 4.33. The molecule has 2 heterocycles. The summed E-state index contributed by atoms with van der Waals surface area (Å²) in [6.45, 7) is 0. The molecule has 0 spiro atoms. The van der Waals surface area contributed by atoms with E-state index in [4.69, 9.17) is 17.0 Å². The van der Waals surface area contributed by atoms with Gasteiger partial charge in [-0.15, -0.1) is 0 Å². The van der Waals surface area contributed by atoms with Crippen LogP contribution in [0.5, 0.6) is 5.88 Å². The number of nitrogens with one attached hydrogen (secondary N) is 1. The van der Waals surface area contributed by atoms with Crippen molar-refractivity contribution < 1.29 is 14.6 Å². The van der Waals surface area contributed by atoms with Crippen LogP contribution in [0.25, 0.3) is 10.9 Å². The van der Waals surface area contributed by atoms with Crippen LogP contribution in [0, 0.1) is 4.77 Å². The minimum atomic E-state index is -0.873. The number of methoxy groups -OCH3 is 1. The molecule has 1 unspecified atom stereocenters. The molecule has 0 bridgehead atoms. The Labute approximate surface area is 165 Å². The van der Waals surface area contributed by atoms with Crippen molar-refractivity contribution >= 4 is 35.3 Å². The van der Waals surface area contributed by atoms with Crippen LogP contribution in [0.4, 0.5) is 0 Å². The second-order valence-electron chi connectivity index (χ2n) is 6.32. The van der Waals surface area contributed by atoms with Crippen LogP contribution in [0.15, 0.2) is 40.2 Å². The van der Waals surface area contributed by atoms with Crippen molar-refractivity contribution in [1.82, 2.24) is 14.1 Å². The number of aliphatic imine (C=N–C) groups is 1. The van der Waals surface area contributed by atoms with Gasteiger partial charge in [-0.1, -0.05) is 18.2 Å². The molecule has 9 heteroatoms. The number of ether oxygens (including phenoxy) is 1. The highest BCUT2D eigenvalue weighted by atomic mass is 32.1. The second kappa shape index (κ2) is 7.81. The van der Waals surface area contributed by atoms with Gasteiger partial charge in [0.05, 0.1) is 7.11 Å². The Morgan fingerprint density at radius 3 is 2.79 bits per heavy atom. The van der Waals surface area contributed by atoms with E-state index in [1.54, 1.807) is 0 Å². The van der Waals surface area contributed by atoms with E-state index in [2.05, 4.69) is 9.98 Å². The lowest BCUT2D eigenvalue weighted by atomic mass is 10.1. The van der Waals surface area contributed by atoms with Gasteiger partial charge in [0.25, 0.3) is 5.56 Å². The lowest BCUT2D eigenvalue weighted by Crippen LogP contribution is -2.27. The maximum atomic E-state index is 12.4. The minimum Gasteiger partial charge on any atom is -0.494 e. The van der Waals surface area contributed by atoms with Gasteiger partial charge in [-0.05, 0) is 23.8 Å². The number of H-pyrrole nitrogens is 1. The molecule has 0 fully saturated rings. The number of benzene rings is 1. The number of para-hydroxylation sites is 1. The fraction of sp³-hybridized carbons (Fsp3) is 0.263. The summed E-state index contributed by atoms with van der Waals surface area (Å²) in [5, 5.41) is 11.2. The Morgan fingerprint density at radius 1 is 1.36 bits per heavy atom. The van der Waals surface area contributed by atoms with Crippen LogP contribution in [-0.4, -0.2) is 44.6 Å². The van der Waals surface area contributed by atoms with Gasteiger partial charge in [0, 0.05) is 43.8 Å². The third kappa shape index (κ3) is 3.48. The van der Waals surface area contributed by atoms with Crippen LogP contribution in [0.3, 0.4) is 0 Å². The zero-order chi connectivity index (χ0) is 20.4. The molecule has 28 heavy (non-hydrogen) atoms. The monoisotopic (exact) mass is 400 g/mol. The van der Waals surface area contributed by atoms with Crippen molar-refractivity contribution in [3.8, 4) is 5.88 Å². The number of rotatable bonds is 5.